The van der Waals surface area contributed by atoms with E-state index in [1.54, 1.807) is 37.3 Å². The number of rotatable bonds is 4. The maximum atomic E-state index is 13.4. The van der Waals surface area contributed by atoms with Crippen molar-refractivity contribution in [1.82, 2.24) is 9.78 Å². The molecule has 22 heavy (non-hydrogen) atoms. The van der Waals surface area contributed by atoms with E-state index in [4.69, 9.17) is 4.74 Å². The van der Waals surface area contributed by atoms with Gasteiger partial charge in [-0.2, -0.15) is 18.3 Å². The lowest BCUT2D eigenvalue weighted by Gasteiger charge is -2.12. The smallest absolute Gasteiger partial charge is 0.433 e. The zero-order valence-electron chi connectivity index (χ0n) is 12.1. The second kappa shape index (κ2) is 6.21. The SMILES string of the molecule is CCOC(=O)Cn1nc(C)c(-c2ccccc2)c1C(F)(F)F. The lowest BCUT2D eigenvalue weighted by atomic mass is 10.0. The van der Waals surface area contributed by atoms with Crippen LogP contribution in [0.2, 0.25) is 0 Å². The minimum atomic E-state index is -4.63. The van der Waals surface area contributed by atoms with Gasteiger partial charge in [0.2, 0.25) is 0 Å². The standard InChI is InChI=1S/C15H15F3N2O2/c1-3-22-12(21)9-20-14(15(16,17)18)13(10(2)19-20)11-7-5-4-6-8-11/h4-8H,3,9H2,1-2H3. The van der Waals surface area contributed by atoms with Gasteiger partial charge in [-0.25, -0.2) is 4.68 Å². The molecule has 118 valence electrons. The molecule has 1 aromatic carbocycles. The van der Waals surface area contributed by atoms with Crippen molar-refractivity contribution in [2.45, 2.75) is 26.6 Å². The maximum absolute atomic E-state index is 13.4. The van der Waals surface area contributed by atoms with Gasteiger partial charge in [0.15, 0.2) is 5.69 Å². The summed E-state index contributed by atoms with van der Waals surface area (Å²) in [4.78, 5) is 11.5. The molecule has 0 aliphatic heterocycles. The van der Waals surface area contributed by atoms with Crippen molar-refractivity contribution in [1.29, 1.82) is 0 Å². The molecule has 0 aliphatic carbocycles. The Bertz CT molecular complexity index is 663. The molecule has 0 fully saturated rings. The lowest BCUT2D eigenvalue weighted by molar-refractivity contribution is -0.149. The first kappa shape index (κ1) is 16.1. The highest BCUT2D eigenvalue weighted by Crippen LogP contribution is 2.38. The maximum Gasteiger partial charge on any atom is 0.433 e. The van der Waals surface area contributed by atoms with Crippen LogP contribution in [0.1, 0.15) is 18.3 Å². The number of halogens is 3. The minimum absolute atomic E-state index is 0.0163. The first-order valence-electron chi connectivity index (χ1n) is 6.70. The van der Waals surface area contributed by atoms with Crippen LogP contribution in [0.25, 0.3) is 11.1 Å². The summed E-state index contributed by atoms with van der Waals surface area (Å²) in [5.74, 6) is -0.755. The largest absolute Gasteiger partial charge is 0.465 e. The van der Waals surface area contributed by atoms with Gasteiger partial charge in [0, 0.05) is 5.56 Å². The molecule has 0 radical (unpaired) electrons. The number of nitrogens with zero attached hydrogens (tertiary/aromatic N) is 2. The zero-order chi connectivity index (χ0) is 16.3. The van der Waals surface area contributed by atoms with E-state index in [0.717, 1.165) is 0 Å². The molecular weight excluding hydrogens is 297 g/mol. The molecule has 4 nitrogen and oxygen atoms in total. The number of aryl methyl sites for hydroxylation is 1. The molecule has 2 aromatic rings. The number of ether oxygens (including phenoxy) is 1. The van der Waals surface area contributed by atoms with Crippen molar-refractivity contribution >= 4 is 5.97 Å². The van der Waals surface area contributed by atoms with E-state index in [0.29, 0.717) is 10.2 Å². The lowest BCUT2D eigenvalue weighted by Crippen LogP contribution is -2.21. The van der Waals surface area contributed by atoms with Crippen molar-refractivity contribution < 1.29 is 22.7 Å². The Morgan fingerprint density at radius 2 is 1.91 bits per heavy atom. The Morgan fingerprint density at radius 3 is 2.45 bits per heavy atom. The number of alkyl halides is 3. The Morgan fingerprint density at radius 1 is 1.27 bits per heavy atom. The highest BCUT2D eigenvalue weighted by molar-refractivity contribution is 5.72. The average molecular weight is 312 g/mol. The summed E-state index contributed by atoms with van der Waals surface area (Å²) in [6.07, 6.45) is -4.63. The van der Waals surface area contributed by atoms with Crippen LogP contribution < -0.4 is 0 Å². The van der Waals surface area contributed by atoms with Crippen LogP contribution in [-0.4, -0.2) is 22.4 Å². The van der Waals surface area contributed by atoms with Crippen molar-refractivity contribution in [2.24, 2.45) is 0 Å². The Kier molecular flexibility index (Phi) is 4.54. The number of aromatic nitrogens is 2. The Labute approximate surface area is 125 Å². The number of esters is 1. The molecule has 0 atom stereocenters. The van der Waals surface area contributed by atoms with E-state index < -0.39 is 24.4 Å². The van der Waals surface area contributed by atoms with Crippen molar-refractivity contribution in [3.63, 3.8) is 0 Å². The molecule has 0 bridgehead atoms. The number of benzene rings is 1. The topological polar surface area (TPSA) is 44.1 Å². The van der Waals surface area contributed by atoms with Crippen LogP contribution in [0.15, 0.2) is 30.3 Å². The first-order chi connectivity index (χ1) is 10.3. The molecule has 0 saturated carbocycles. The average Bonchev–Trinajstić information content (AvgIpc) is 2.76. The minimum Gasteiger partial charge on any atom is -0.465 e. The molecule has 7 heteroatoms. The van der Waals surface area contributed by atoms with Gasteiger partial charge in [-0.1, -0.05) is 30.3 Å². The van der Waals surface area contributed by atoms with E-state index in [9.17, 15) is 18.0 Å². The van der Waals surface area contributed by atoms with Gasteiger partial charge in [0.1, 0.15) is 6.54 Å². The molecule has 0 unspecified atom stereocenters. The number of carbonyl (C=O) groups excluding carboxylic acids is 1. The summed E-state index contributed by atoms with van der Waals surface area (Å²) in [6.45, 7) is 2.61. The molecular formula is C15H15F3N2O2. The summed E-state index contributed by atoms with van der Waals surface area (Å²) in [5, 5.41) is 3.87. The molecule has 1 aromatic heterocycles. The molecule has 1 heterocycles. The van der Waals surface area contributed by atoms with E-state index in [1.807, 2.05) is 0 Å². The quantitative estimate of drug-likeness (QED) is 0.812. The Hall–Kier alpha value is -2.31. The normalized spacial score (nSPS) is 11.5. The second-order valence-electron chi connectivity index (χ2n) is 4.64. The number of carbonyl (C=O) groups is 1. The summed E-state index contributed by atoms with van der Waals surface area (Å²) >= 11 is 0. The van der Waals surface area contributed by atoms with Crippen LogP contribution in [-0.2, 0) is 22.3 Å². The van der Waals surface area contributed by atoms with Gasteiger partial charge in [-0.15, -0.1) is 0 Å². The van der Waals surface area contributed by atoms with Crippen LogP contribution in [0.5, 0.6) is 0 Å². The Balaban J connectivity index is 2.55. The molecule has 0 spiro atoms. The fourth-order valence-corrected chi connectivity index (χ4v) is 2.26. The summed E-state index contributed by atoms with van der Waals surface area (Å²) in [6, 6.07) is 8.17. The fraction of sp³-hybridized carbons (Fsp3) is 0.333. The molecule has 0 N–H and O–H groups in total. The van der Waals surface area contributed by atoms with Gasteiger partial charge in [0.05, 0.1) is 12.3 Å². The summed E-state index contributed by atoms with van der Waals surface area (Å²) in [7, 11) is 0. The van der Waals surface area contributed by atoms with E-state index in [-0.39, 0.29) is 17.9 Å². The monoisotopic (exact) mass is 312 g/mol. The summed E-state index contributed by atoms with van der Waals surface area (Å²) < 4.78 is 45.7. The third kappa shape index (κ3) is 3.29. The van der Waals surface area contributed by atoms with Gasteiger partial charge in [0.25, 0.3) is 0 Å². The highest BCUT2D eigenvalue weighted by atomic mass is 19.4. The molecule has 0 amide bonds. The first-order valence-corrected chi connectivity index (χ1v) is 6.70. The van der Waals surface area contributed by atoms with E-state index in [2.05, 4.69) is 5.10 Å². The predicted molar refractivity (Wildman–Crippen MR) is 74.0 cm³/mol. The van der Waals surface area contributed by atoms with Crippen molar-refractivity contribution in [3.8, 4) is 11.1 Å². The van der Waals surface area contributed by atoms with Gasteiger partial charge < -0.3 is 4.74 Å². The third-order valence-corrected chi connectivity index (χ3v) is 3.04. The van der Waals surface area contributed by atoms with Gasteiger partial charge in [-0.3, -0.25) is 4.79 Å². The number of hydrogen-bond acceptors (Lipinski definition) is 3. The van der Waals surface area contributed by atoms with Crippen LogP contribution in [0.3, 0.4) is 0 Å². The highest BCUT2D eigenvalue weighted by Gasteiger charge is 2.40. The molecule has 0 saturated heterocycles. The van der Waals surface area contributed by atoms with E-state index >= 15 is 0 Å². The van der Waals surface area contributed by atoms with Crippen molar-refractivity contribution in [3.05, 3.63) is 41.7 Å². The molecule has 2 rings (SSSR count). The number of hydrogen-bond donors (Lipinski definition) is 0. The van der Waals surface area contributed by atoms with Crippen molar-refractivity contribution in [2.75, 3.05) is 6.61 Å². The van der Waals surface area contributed by atoms with Gasteiger partial charge >= 0.3 is 12.1 Å². The predicted octanol–water partition coefficient (Wildman–Crippen LogP) is 3.44. The van der Waals surface area contributed by atoms with Gasteiger partial charge in [-0.05, 0) is 19.4 Å². The second-order valence-corrected chi connectivity index (χ2v) is 4.64. The molecule has 0 aliphatic rings. The van der Waals surface area contributed by atoms with Crippen LogP contribution in [0.4, 0.5) is 13.2 Å². The van der Waals surface area contributed by atoms with Crippen LogP contribution >= 0.6 is 0 Å². The fourth-order valence-electron chi connectivity index (χ4n) is 2.26. The van der Waals surface area contributed by atoms with Crippen LogP contribution in [0, 0.1) is 6.92 Å². The summed E-state index contributed by atoms with van der Waals surface area (Å²) in [5.41, 5.74) is -0.341. The zero-order valence-corrected chi connectivity index (χ0v) is 12.1. The third-order valence-electron chi connectivity index (χ3n) is 3.04. The van der Waals surface area contributed by atoms with E-state index in [1.165, 1.54) is 6.92 Å².